The Balaban J connectivity index is 1.71. The van der Waals surface area contributed by atoms with Crippen LogP contribution in [0, 0.1) is 0 Å². The van der Waals surface area contributed by atoms with E-state index >= 15 is 0 Å². The number of carbonyl (C=O) groups excluding carboxylic acids is 2. The molecule has 160 valence electrons. The number of carbonyl (C=O) groups is 3. The molecular formula is C21H24N2O6S. The van der Waals surface area contributed by atoms with Crippen molar-refractivity contribution in [2.75, 3.05) is 11.9 Å². The van der Waals surface area contributed by atoms with Crippen molar-refractivity contribution >= 4 is 34.5 Å². The molecule has 0 saturated heterocycles. The fraction of sp³-hybridized carbons (Fsp3) is 0.381. The molecular weight excluding hydrogens is 408 g/mol. The number of nitrogens with zero attached hydrogens (tertiary/aromatic N) is 1. The summed E-state index contributed by atoms with van der Waals surface area (Å²) in [4.78, 5) is 38.6. The summed E-state index contributed by atoms with van der Waals surface area (Å²) < 4.78 is 10.6. The fourth-order valence-corrected chi connectivity index (χ4v) is 4.29. The van der Waals surface area contributed by atoms with Gasteiger partial charge in [-0.15, -0.1) is 11.3 Å². The van der Waals surface area contributed by atoms with E-state index in [4.69, 9.17) is 9.47 Å². The quantitative estimate of drug-likeness (QED) is 0.738. The van der Waals surface area contributed by atoms with Crippen molar-refractivity contribution in [1.29, 1.82) is 0 Å². The average molecular weight is 432 g/mol. The van der Waals surface area contributed by atoms with E-state index in [9.17, 15) is 19.5 Å². The Morgan fingerprint density at radius 1 is 1.20 bits per heavy atom. The van der Waals surface area contributed by atoms with Crippen molar-refractivity contribution < 1.29 is 29.0 Å². The topological polar surface area (TPSA) is 105 Å². The normalized spacial score (nSPS) is 13.4. The minimum Gasteiger partial charge on any atom is -0.478 e. The molecule has 0 unspecified atom stereocenters. The van der Waals surface area contributed by atoms with Crippen LogP contribution in [0.4, 0.5) is 14.6 Å². The maximum atomic E-state index is 12.3. The van der Waals surface area contributed by atoms with Gasteiger partial charge in [-0.2, -0.15) is 0 Å². The van der Waals surface area contributed by atoms with Gasteiger partial charge >= 0.3 is 18.2 Å². The number of carboxylic acids is 1. The second kappa shape index (κ2) is 8.74. The molecule has 9 heteroatoms. The SMILES string of the molecule is CC(C)(C)OC(=O)N1CCc2c(sc(NC(=O)OCc3ccccc3)c2C(=O)O)C1. The zero-order valence-electron chi connectivity index (χ0n) is 17.1. The highest BCUT2D eigenvalue weighted by molar-refractivity contribution is 7.17. The number of carboxylic acid groups (broad SMARTS) is 1. The van der Waals surface area contributed by atoms with E-state index in [1.165, 1.54) is 4.90 Å². The number of ether oxygens (including phenoxy) is 2. The Hall–Kier alpha value is -3.07. The first-order valence-corrected chi connectivity index (χ1v) is 10.3. The molecule has 0 fully saturated rings. The Kier molecular flexibility index (Phi) is 6.31. The molecule has 1 aliphatic heterocycles. The van der Waals surface area contributed by atoms with Gasteiger partial charge in [0.05, 0.1) is 12.1 Å². The Labute approximate surface area is 178 Å². The lowest BCUT2D eigenvalue weighted by molar-refractivity contribution is 0.0226. The molecule has 0 spiro atoms. The van der Waals surface area contributed by atoms with Crippen molar-refractivity contribution in [2.45, 2.75) is 45.9 Å². The van der Waals surface area contributed by atoms with Gasteiger partial charge in [-0.05, 0) is 38.3 Å². The summed E-state index contributed by atoms with van der Waals surface area (Å²) in [7, 11) is 0. The molecule has 0 bridgehead atoms. The molecule has 8 nitrogen and oxygen atoms in total. The van der Waals surface area contributed by atoms with E-state index in [0.717, 1.165) is 16.9 Å². The van der Waals surface area contributed by atoms with E-state index in [2.05, 4.69) is 5.32 Å². The number of thiophene rings is 1. The lowest BCUT2D eigenvalue weighted by Gasteiger charge is -2.30. The second-order valence-corrected chi connectivity index (χ2v) is 8.96. The van der Waals surface area contributed by atoms with Crippen LogP contribution in [0.2, 0.25) is 0 Å². The van der Waals surface area contributed by atoms with E-state index in [1.54, 1.807) is 20.8 Å². The smallest absolute Gasteiger partial charge is 0.412 e. The molecule has 30 heavy (non-hydrogen) atoms. The minimum absolute atomic E-state index is 0.0514. The molecule has 2 N–H and O–H groups in total. The van der Waals surface area contributed by atoms with Crippen LogP contribution < -0.4 is 5.32 Å². The number of rotatable bonds is 4. The van der Waals surface area contributed by atoms with Gasteiger partial charge in [0.2, 0.25) is 0 Å². The summed E-state index contributed by atoms with van der Waals surface area (Å²) in [5.41, 5.74) is 0.889. The standard InChI is InChI=1S/C21H24N2O6S/c1-21(2,3)29-20(27)23-10-9-14-15(11-23)30-17(16(14)18(24)25)22-19(26)28-12-13-7-5-4-6-8-13/h4-8H,9-12H2,1-3H3,(H,22,26)(H,24,25). The van der Waals surface area contributed by atoms with Crippen LogP contribution >= 0.6 is 11.3 Å². The van der Waals surface area contributed by atoms with Gasteiger partial charge in [-0.3, -0.25) is 5.32 Å². The first kappa shape index (κ1) is 21.6. The van der Waals surface area contributed by atoms with E-state index < -0.39 is 23.8 Å². The summed E-state index contributed by atoms with van der Waals surface area (Å²) in [5, 5.41) is 12.4. The van der Waals surface area contributed by atoms with E-state index in [0.29, 0.717) is 23.4 Å². The number of fused-ring (bicyclic) bond motifs is 1. The molecule has 2 heterocycles. The molecule has 1 aliphatic rings. The van der Waals surface area contributed by atoms with Crippen LogP contribution in [-0.4, -0.2) is 40.3 Å². The van der Waals surface area contributed by atoms with E-state index in [1.807, 2.05) is 30.3 Å². The van der Waals surface area contributed by atoms with Crippen LogP contribution in [0.25, 0.3) is 0 Å². The molecule has 1 aromatic carbocycles. The first-order valence-electron chi connectivity index (χ1n) is 9.47. The van der Waals surface area contributed by atoms with Crippen molar-refractivity contribution in [1.82, 2.24) is 4.90 Å². The third kappa shape index (κ3) is 5.29. The van der Waals surface area contributed by atoms with Gasteiger partial charge in [0.25, 0.3) is 0 Å². The van der Waals surface area contributed by atoms with Crippen LogP contribution in [-0.2, 0) is 29.0 Å². The number of amides is 2. The van der Waals surface area contributed by atoms with Gasteiger partial charge < -0.3 is 19.5 Å². The number of aromatic carboxylic acids is 1. The highest BCUT2D eigenvalue weighted by atomic mass is 32.1. The maximum absolute atomic E-state index is 12.3. The van der Waals surface area contributed by atoms with Gasteiger partial charge in [0, 0.05) is 11.4 Å². The fourth-order valence-electron chi connectivity index (χ4n) is 3.05. The number of hydrogen-bond donors (Lipinski definition) is 2. The number of hydrogen-bond acceptors (Lipinski definition) is 6. The van der Waals surface area contributed by atoms with Crippen molar-refractivity contribution in [2.24, 2.45) is 0 Å². The van der Waals surface area contributed by atoms with Crippen LogP contribution in [0.5, 0.6) is 0 Å². The van der Waals surface area contributed by atoms with Crippen LogP contribution in [0.15, 0.2) is 30.3 Å². The Morgan fingerprint density at radius 2 is 1.90 bits per heavy atom. The lowest BCUT2D eigenvalue weighted by Crippen LogP contribution is -2.39. The summed E-state index contributed by atoms with van der Waals surface area (Å²) in [6, 6.07) is 9.18. The van der Waals surface area contributed by atoms with Gasteiger partial charge in [0.1, 0.15) is 17.2 Å². The summed E-state index contributed by atoms with van der Waals surface area (Å²) in [5.74, 6) is -1.13. The van der Waals surface area contributed by atoms with Crippen molar-refractivity contribution in [3.8, 4) is 0 Å². The summed E-state index contributed by atoms with van der Waals surface area (Å²) >= 11 is 1.14. The maximum Gasteiger partial charge on any atom is 0.412 e. The predicted octanol–water partition coefficient (Wildman–Crippen LogP) is 4.49. The van der Waals surface area contributed by atoms with Gasteiger partial charge in [-0.25, -0.2) is 14.4 Å². The molecule has 0 atom stereocenters. The number of anilines is 1. The van der Waals surface area contributed by atoms with Crippen LogP contribution in [0.3, 0.4) is 0 Å². The average Bonchev–Trinajstić information content (AvgIpc) is 3.03. The first-order chi connectivity index (χ1) is 14.1. The largest absolute Gasteiger partial charge is 0.478 e. The number of nitrogens with one attached hydrogen (secondary N) is 1. The molecule has 2 amide bonds. The highest BCUT2D eigenvalue weighted by Gasteiger charge is 2.32. The van der Waals surface area contributed by atoms with Crippen LogP contribution in [0.1, 0.15) is 47.1 Å². The highest BCUT2D eigenvalue weighted by Crippen LogP contribution is 2.37. The molecule has 1 aromatic heterocycles. The second-order valence-electron chi connectivity index (χ2n) is 7.85. The van der Waals surface area contributed by atoms with Crippen molar-refractivity contribution in [3.63, 3.8) is 0 Å². The third-order valence-corrected chi connectivity index (χ3v) is 5.48. The number of benzene rings is 1. The summed E-state index contributed by atoms with van der Waals surface area (Å²) in [6.07, 6.45) is -0.813. The monoisotopic (exact) mass is 432 g/mol. The Morgan fingerprint density at radius 3 is 2.53 bits per heavy atom. The van der Waals surface area contributed by atoms with Gasteiger partial charge in [-0.1, -0.05) is 30.3 Å². The predicted molar refractivity (Wildman–Crippen MR) is 112 cm³/mol. The molecule has 2 aromatic rings. The molecule has 0 saturated carbocycles. The molecule has 0 radical (unpaired) electrons. The minimum atomic E-state index is -1.13. The lowest BCUT2D eigenvalue weighted by atomic mass is 10.0. The van der Waals surface area contributed by atoms with Crippen molar-refractivity contribution in [3.05, 3.63) is 51.9 Å². The van der Waals surface area contributed by atoms with E-state index in [-0.39, 0.29) is 23.7 Å². The summed E-state index contributed by atoms with van der Waals surface area (Å²) in [6.45, 7) is 6.02. The van der Waals surface area contributed by atoms with Gasteiger partial charge in [0.15, 0.2) is 0 Å². The third-order valence-electron chi connectivity index (χ3n) is 4.35. The molecule has 3 rings (SSSR count). The zero-order valence-corrected chi connectivity index (χ0v) is 17.9. The Bertz CT molecular complexity index is 948. The molecule has 0 aliphatic carbocycles. The zero-order chi connectivity index (χ0) is 21.9.